The lowest BCUT2D eigenvalue weighted by Crippen LogP contribution is -2.55. The van der Waals surface area contributed by atoms with E-state index in [1.807, 2.05) is 4.90 Å². The van der Waals surface area contributed by atoms with Gasteiger partial charge in [-0.1, -0.05) is 0 Å². The monoisotopic (exact) mass is 316 g/mol. The number of anilines is 1. The first-order chi connectivity index (χ1) is 11.1. The fraction of sp³-hybridized carbons (Fsp3) is 0.467. The fourth-order valence-electron chi connectivity index (χ4n) is 2.99. The zero-order valence-electron chi connectivity index (χ0n) is 13.0. The Balaban J connectivity index is 1.67. The van der Waals surface area contributed by atoms with Crippen LogP contribution in [0.4, 0.5) is 5.82 Å². The third-order valence-corrected chi connectivity index (χ3v) is 4.04. The van der Waals surface area contributed by atoms with E-state index in [1.165, 1.54) is 11.1 Å². The molecule has 0 aliphatic carbocycles. The number of hydrogen-bond donors (Lipinski definition) is 2. The summed E-state index contributed by atoms with van der Waals surface area (Å²) < 4.78 is 0. The van der Waals surface area contributed by atoms with Crippen LogP contribution in [0.2, 0.25) is 0 Å². The normalized spacial score (nSPS) is 21.2. The Hall–Kier alpha value is -2.48. The highest BCUT2D eigenvalue weighted by Gasteiger charge is 2.36. The maximum atomic E-state index is 12.3. The first kappa shape index (κ1) is 15.4. The lowest BCUT2D eigenvalue weighted by molar-refractivity contribution is -0.000291. The summed E-state index contributed by atoms with van der Waals surface area (Å²) in [6.45, 7) is 1.49. The number of β-amino-alcohol motifs (C(OH)–C–C–N with tert-alkyl or cyclic N) is 1. The van der Waals surface area contributed by atoms with Gasteiger partial charge in [0, 0.05) is 38.7 Å². The van der Waals surface area contributed by atoms with Crippen molar-refractivity contribution in [3.8, 4) is 0 Å². The molecule has 1 aliphatic rings. The van der Waals surface area contributed by atoms with Gasteiger partial charge in [0.05, 0.1) is 18.3 Å². The van der Waals surface area contributed by atoms with E-state index in [-0.39, 0.29) is 12.5 Å². The SMILES string of the molecule is CN(CC1(O)CCCN(c2cnccn2)C1)C(=O)c1ccn[nH]1. The smallest absolute Gasteiger partial charge is 0.271 e. The molecule has 2 aromatic heterocycles. The molecule has 0 bridgehead atoms. The largest absolute Gasteiger partial charge is 0.386 e. The number of carbonyl (C=O) groups is 1. The third-order valence-electron chi connectivity index (χ3n) is 4.04. The van der Waals surface area contributed by atoms with Gasteiger partial charge in [0.25, 0.3) is 5.91 Å². The van der Waals surface area contributed by atoms with E-state index >= 15 is 0 Å². The number of aliphatic hydroxyl groups is 1. The fourth-order valence-corrected chi connectivity index (χ4v) is 2.99. The maximum absolute atomic E-state index is 12.3. The topological polar surface area (TPSA) is 98.2 Å². The van der Waals surface area contributed by atoms with Gasteiger partial charge in [0.15, 0.2) is 0 Å². The van der Waals surface area contributed by atoms with Gasteiger partial charge in [0.2, 0.25) is 0 Å². The van der Waals surface area contributed by atoms with E-state index in [1.54, 1.807) is 31.7 Å². The van der Waals surface area contributed by atoms with Gasteiger partial charge in [-0.2, -0.15) is 5.10 Å². The van der Waals surface area contributed by atoms with Crippen LogP contribution in [0.5, 0.6) is 0 Å². The Bertz CT molecular complexity index is 647. The molecule has 0 spiro atoms. The summed E-state index contributed by atoms with van der Waals surface area (Å²) in [7, 11) is 1.68. The summed E-state index contributed by atoms with van der Waals surface area (Å²) in [5.41, 5.74) is -0.557. The van der Waals surface area contributed by atoms with Crippen molar-refractivity contribution in [2.75, 3.05) is 31.6 Å². The molecule has 8 heteroatoms. The number of carbonyl (C=O) groups excluding carboxylic acids is 1. The summed E-state index contributed by atoms with van der Waals surface area (Å²) in [5, 5.41) is 17.3. The number of amides is 1. The van der Waals surface area contributed by atoms with Crippen LogP contribution in [0, 0.1) is 0 Å². The highest BCUT2D eigenvalue weighted by molar-refractivity contribution is 5.92. The minimum atomic E-state index is -0.972. The molecule has 1 unspecified atom stereocenters. The van der Waals surface area contributed by atoms with Gasteiger partial charge in [0.1, 0.15) is 11.5 Å². The number of likely N-dealkylation sites (N-methyl/N-ethyl adjacent to an activating group) is 1. The first-order valence-corrected chi connectivity index (χ1v) is 7.56. The van der Waals surface area contributed by atoms with Gasteiger partial charge < -0.3 is 14.9 Å². The van der Waals surface area contributed by atoms with E-state index in [2.05, 4.69) is 20.2 Å². The van der Waals surface area contributed by atoms with Crippen molar-refractivity contribution in [2.45, 2.75) is 18.4 Å². The lowest BCUT2D eigenvalue weighted by atomic mass is 9.92. The Labute approximate surface area is 134 Å². The maximum Gasteiger partial charge on any atom is 0.271 e. The predicted octanol–water partition coefficient (Wildman–Crippen LogP) is 0.303. The van der Waals surface area contributed by atoms with Crippen molar-refractivity contribution in [1.29, 1.82) is 0 Å². The number of nitrogens with one attached hydrogen (secondary N) is 1. The number of aromatic amines is 1. The van der Waals surface area contributed by atoms with Crippen LogP contribution >= 0.6 is 0 Å². The summed E-state index contributed by atoms with van der Waals surface area (Å²) in [4.78, 5) is 24.2. The average molecular weight is 316 g/mol. The first-order valence-electron chi connectivity index (χ1n) is 7.56. The Kier molecular flexibility index (Phi) is 4.24. The van der Waals surface area contributed by atoms with Crippen molar-refractivity contribution in [3.05, 3.63) is 36.5 Å². The molecule has 1 saturated heterocycles. The summed E-state index contributed by atoms with van der Waals surface area (Å²) in [6.07, 6.45) is 7.95. The summed E-state index contributed by atoms with van der Waals surface area (Å²) in [5.74, 6) is 0.556. The number of aromatic nitrogens is 4. The molecular weight excluding hydrogens is 296 g/mol. The van der Waals surface area contributed by atoms with E-state index in [0.29, 0.717) is 18.7 Å². The number of rotatable bonds is 4. The van der Waals surface area contributed by atoms with Crippen molar-refractivity contribution < 1.29 is 9.90 Å². The van der Waals surface area contributed by atoms with Gasteiger partial charge in [-0.15, -0.1) is 0 Å². The van der Waals surface area contributed by atoms with E-state index in [0.717, 1.165) is 18.8 Å². The van der Waals surface area contributed by atoms with Crippen LogP contribution in [0.15, 0.2) is 30.9 Å². The molecule has 2 N–H and O–H groups in total. The molecule has 0 aromatic carbocycles. The second-order valence-corrected chi connectivity index (χ2v) is 5.94. The van der Waals surface area contributed by atoms with Gasteiger partial charge in [-0.25, -0.2) is 4.98 Å². The molecule has 0 radical (unpaired) electrons. The molecule has 23 heavy (non-hydrogen) atoms. The molecule has 1 amide bonds. The van der Waals surface area contributed by atoms with Gasteiger partial charge >= 0.3 is 0 Å². The lowest BCUT2D eigenvalue weighted by Gasteiger charge is -2.41. The van der Waals surface area contributed by atoms with Crippen molar-refractivity contribution in [1.82, 2.24) is 25.1 Å². The van der Waals surface area contributed by atoms with E-state index < -0.39 is 5.60 Å². The van der Waals surface area contributed by atoms with Gasteiger partial charge in [-0.3, -0.25) is 14.9 Å². The highest BCUT2D eigenvalue weighted by atomic mass is 16.3. The number of hydrogen-bond acceptors (Lipinski definition) is 6. The molecule has 122 valence electrons. The number of piperidine rings is 1. The molecule has 0 saturated carbocycles. The summed E-state index contributed by atoms with van der Waals surface area (Å²) >= 11 is 0. The minimum absolute atomic E-state index is 0.187. The van der Waals surface area contributed by atoms with Crippen LogP contribution in [-0.4, -0.2) is 68.4 Å². The van der Waals surface area contributed by atoms with Crippen LogP contribution in [0.25, 0.3) is 0 Å². The average Bonchev–Trinajstić information content (AvgIpc) is 3.09. The van der Waals surface area contributed by atoms with Crippen molar-refractivity contribution >= 4 is 11.7 Å². The molecule has 3 heterocycles. The van der Waals surface area contributed by atoms with E-state index in [4.69, 9.17) is 0 Å². The second kappa shape index (κ2) is 6.33. The molecule has 3 rings (SSSR count). The molecule has 8 nitrogen and oxygen atoms in total. The Morgan fingerprint density at radius 1 is 1.48 bits per heavy atom. The van der Waals surface area contributed by atoms with Crippen LogP contribution in [0.3, 0.4) is 0 Å². The predicted molar refractivity (Wildman–Crippen MR) is 84.0 cm³/mol. The Morgan fingerprint density at radius 2 is 2.35 bits per heavy atom. The third kappa shape index (κ3) is 3.48. The van der Waals surface area contributed by atoms with Crippen LogP contribution < -0.4 is 4.90 Å². The van der Waals surface area contributed by atoms with Crippen LogP contribution in [-0.2, 0) is 0 Å². The molecule has 1 fully saturated rings. The highest BCUT2D eigenvalue weighted by Crippen LogP contribution is 2.25. The van der Waals surface area contributed by atoms with Crippen molar-refractivity contribution in [2.24, 2.45) is 0 Å². The minimum Gasteiger partial charge on any atom is -0.386 e. The Morgan fingerprint density at radius 3 is 3.04 bits per heavy atom. The van der Waals surface area contributed by atoms with Gasteiger partial charge in [-0.05, 0) is 18.9 Å². The quantitative estimate of drug-likeness (QED) is 0.842. The zero-order valence-corrected chi connectivity index (χ0v) is 13.0. The van der Waals surface area contributed by atoms with Crippen molar-refractivity contribution in [3.63, 3.8) is 0 Å². The molecule has 1 aliphatic heterocycles. The second-order valence-electron chi connectivity index (χ2n) is 5.94. The van der Waals surface area contributed by atoms with E-state index in [9.17, 15) is 9.90 Å². The molecule has 1 atom stereocenters. The number of nitrogens with zero attached hydrogens (tertiary/aromatic N) is 5. The molecular formula is C15H20N6O2. The number of H-pyrrole nitrogens is 1. The zero-order chi connectivity index (χ0) is 16.3. The summed E-state index contributed by atoms with van der Waals surface area (Å²) in [6, 6.07) is 1.62. The van der Waals surface area contributed by atoms with Crippen LogP contribution in [0.1, 0.15) is 23.3 Å². The molecule has 2 aromatic rings. The standard InChI is InChI=1S/C15H20N6O2/c1-20(14(22)12-3-5-18-19-12)10-15(23)4-2-8-21(11-15)13-9-16-6-7-17-13/h3,5-7,9,23H,2,4,8,10-11H2,1H3,(H,18,19).